The molecule has 3 heteroatoms. The first-order valence-electron chi connectivity index (χ1n) is 20.6. The van der Waals surface area contributed by atoms with E-state index in [1.165, 1.54) is 67.0 Å². The van der Waals surface area contributed by atoms with E-state index in [2.05, 4.69) is 233 Å². The third-order valence-electron chi connectivity index (χ3n) is 12.4. The first kappa shape index (κ1) is 34.9. The zero-order valence-corrected chi connectivity index (χ0v) is 32.6. The van der Waals surface area contributed by atoms with Gasteiger partial charge in [-0.1, -0.05) is 182 Å². The summed E-state index contributed by atoms with van der Waals surface area (Å²) in [6.07, 6.45) is 0. The van der Waals surface area contributed by atoms with Crippen molar-refractivity contribution in [2.45, 2.75) is 23.7 Å². The minimum absolute atomic E-state index is 0.0284. The van der Waals surface area contributed by atoms with Gasteiger partial charge in [-0.05, 0) is 92.0 Å². The Morgan fingerprint density at radius 3 is 0.847 bits per heavy atom. The van der Waals surface area contributed by atoms with Gasteiger partial charge in [0, 0.05) is 46.0 Å². The van der Waals surface area contributed by atoms with Gasteiger partial charge in [0.2, 0.25) is 0 Å². The highest BCUT2D eigenvalue weighted by Crippen LogP contribution is 2.48. The fourth-order valence-corrected chi connectivity index (χ4v) is 9.70. The van der Waals surface area contributed by atoms with Crippen molar-refractivity contribution >= 4 is 0 Å². The third-order valence-corrected chi connectivity index (χ3v) is 12.4. The zero-order chi connectivity index (χ0) is 39.1. The van der Waals surface area contributed by atoms with Crippen LogP contribution in [-0.2, 0) is 0 Å². The second kappa shape index (κ2) is 14.9. The number of H-pyrrole nitrogens is 3. The van der Waals surface area contributed by atoms with Crippen LogP contribution in [0.5, 0.6) is 0 Å². The average molecular weight is 758 g/mol. The molecule has 8 aromatic rings. The largest absolute Gasteiger partial charge is 0.361 e. The molecule has 0 radical (unpaired) electrons. The summed E-state index contributed by atoms with van der Waals surface area (Å²) >= 11 is 0. The molecule has 0 amide bonds. The van der Waals surface area contributed by atoms with E-state index < -0.39 is 0 Å². The van der Waals surface area contributed by atoms with E-state index in [1.54, 1.807) is 0 Å². The molecular weight excluding hydrogens is 715 g/mol. The van der Waals surface area contributed by atoms with Crippen molar-refractivity contribution in [3.8, 4) is 22.3 Å². The molecule has 2 aliphatic carbocycles. The molecule has 4 atom stereocenters. The molecule has 11 rings (SSSR count). The Labute approximate surface area is 345 Å². The van der Waals surface area contributed by atoms with E-state index in [9.17, 15) is 0 Å². The van der Waals surface area contributed by atoms with Gasteiger partial charge in [0.25, 0.3) is 0 Å². The molecule has 5 aromatic carbocycles. The molecule has 4 unspecified atom stereocenters. The number of nitrogens with one attached hydrogen (secondary N) is 3. The van der Waals surface area contributed by atoms with E-state index >= 15 is 0 Å². The lowest BCUT2D eigenvalue weighted by atomic mass is 9.87. The summed E-state index contributed by atoms with van der Waals surface area (Å²) in [5.74, 6) is -0.158. The number of benzene rings is 5. The van der Waals surface area contributed by atoms with Gasteiger partial charge < -0.3 is 15.0 Å². The van der Waals surface area contributed by atoms with Gasteiger partial charge in [-0.25, -0.2) is 0 Å². The molecular formula is C56H43N3. The molecule has 1 aliphatic heterocycles. The lowest BCUT2D eigenvalue weighted by Gasteiger charge is -2.20. The molecule has 0 spiro atoms. The van der Waals surface area contributed by atoms with E-state index in [-0.39, 0.29) is 23.7 Å². The van der Waals surface area contributed by atoms with Gasteiger partial charge in [0.05, 0.1) is 11.8 Å². The fourth-order valence-electron chi connectivity index (χ4n) is 9.70. The van der Waals surface area contributed by atoms with Crippen LogP contribution in [0.1, 0.15) is 91.2 Å². The maximum absolute atomic E-state index is 4.06. The Hall–Kier alpha value is -7.36. The predicted molar refractivity (Wildman–Crippen MR) is 240 cm³/mol. The van der Waals surface area contributed by atoms with Crippen LogP contribution in [-0.4, -0.2) is 15.0 Å². The molecule has 3 nitrogen and oxygen atoms in total. The highest BCUT2D eigenvalue weighted by atomic mass is 14.8. The standard InChI is InChI=1S/C56H43N3/c1-6-16-37(17-7-1)38-26-28-43-44(29-27-38)46-36-45(43)53(39-18-8-2-9-19-39)47-30-32-49(57-47)55(41-22-12-4-13-23-41)51-34-35-52(59-51)56(42-24-14-5-15-25-42)50-33-31-48(58-50)54(46)40-20-10-3-11-21-40/h1-36,53-59H. The Kier molecular flexibility index (Phi) is 8.78. The Bertz CT molecular complexity index is 2760. The topological polar surface area (TPSA) is 47.4 Å². The van der Waals surface area contributed by atoms with Gasteiger partial charge >= 0.3 is 0 Å². The normalized spacial score (nSPS) is 17.5. The highest BCUT2D eigenvalue weighted by molar-refractivity contribution is 5.81. The molecule has 8 bridgehead atoms. The second-order valence-electron chi connectivity index (χ2n) is 15.9. The number of aromatic nitrogens is 3. The lowest BCUT2D eigenvalue weighted by molar-refractivity contribution is 0.830. The zero-order valence-electron chi connectivity index (χ0n) is 32.6. The van der Waals surface area contributed by atoms with Crippen molar-refractivity contribution in [3.63, 3.8) is 0 Å². The predicted octanol–water partition coefficient (Wildman–Crippen LogP) is 13.5. The van der Waals surface area contributed by atoms with Crippen molar-refractivity contribution in [1.29, 1.82) is 0 Å². The maximum atomic E-state index is 4.06. The van der Waals surface area contributed by atoms with Gasteiger partial charge in [0.1, 0.15) is 0 Å². The summed E-state index contributed by atoms with van der Waals surface area (Å²) in [7, 11) is 0. The van der Waals surface area contributed by atoms with Gasteiger partial charge in [-0.2, -0.15) is 0 Å². The molecule has 0 saturated carbocycles. The van der Waals surface area contributed by atoms with E-state index in [1.807, 2.05) is 0 Å². The van der Waals surface area contributed by atoms with Crippen molar-refractivity contribution in [3.05, 3.63) is 286 Å². The summed E-state index contributed by atoms with van der Waals surface area (Å²) in [6, 6.07) is 80.2. The molecule has 4 heterocycles. The highest BCUT2D eigenvalue weighted by Gasteiger charge is 2.33. The third kappa shape index (κ3) is 6.32. The Balaban J connectivity index is 1.22. The number of aromatic amines is 3. The van der Waals surface area contributed by atoms with Crippen LogP contribution in [0, 0.1) is 0 Å². The van der Waals surface area contributed by atoms with E-state index in [0.29, 0.717) is 0 Å². The van der Waals surface area contributed by atoms with Crippen molar-refractivity contribution < 1.29 is 0 Å². The summed E-state index contributed by atoms with van der Waals surface area (Å²) in [6.45, 7) is 0. The molecule has 3 N–H and O–H groups in total. The Morgan fingerprint density at radius 1 is 0.237 bits per heavy atom. The molecule has 59 heavy (non-hydrogen) atoms. The lowest BCUT2D eigenvalue weighted by Crippen LogP contribution is -2.09. The molecule has 3 aliphatic rings. The first-order valence-corrected chi connectivity index (χ1v) is 20.6. The summed E-state index contributed by atoms with van der Waals surface area (Å²) in [5.41, 5.74) is 19.4. The first-order chi connectivity index (χ1) is 29.3. The molecule has 0 fully saturated rings. The number of hydrogen-bond donors (Lipinski definition) is 3. The number of rotatable bonds is 5. The van der Waals surface area contributed by atoms with Crippen LogP contribution in [0.2, 0.25) is 0 Å². The molecule has 282 valence electrons. The van der Waals surface area contributed by atoms with Crippen molar-refractivity contribution in [2.24, 2.45) is 0 Å². The van der Waals surface area contributed by atoms with Crippen LogP contribution >= 0.6 is 0 Å². The van der Waals surface area contributed by atoms with Crippen LogP contribution < -0.4 is 0 Å². The minimum Gasteiger partial charge on any atom is -0.361 e. The van der Waals surface area contributed by atoms with Crippen LogP contribution in [0.15, 0.2) is 218 Å². The van der Waals surface area contributed by atoms with Crippen molar-refractivity contribution in [1.82, 2.24) is 15.0 Å². The van der Waals surface area contributed by atoms with Gasteiger partial charge in [0.15, 0.2) is 0 Å². The van der Waals surface area contributed by atoms with Gasteiger partial charge in [-0.15, -0.1) is 0 Å². The van der Waals surface area contributed by atoms with Crippen LogP contribution in [0.4, 0.5) is 0 Å². The summed E-state index contributed by atoms with van der Waals surface area (Å²) in [4.78, 5) is 12.1. The second-order valence-corrected chi connectivity index (χ2v) is 15.9. The number of hydrogen-bond acceptors (Lipinski definition) is 0. The summed E-state index contributed by atoms with van der Waals surface area (Å²) < 4.78 is 0. The molecule has 3 aromatic heterocycles. The van der Waals surface area contributed by atoms with E-state index in [0.717, 1.165) is 22.8 Å². The number of fused-ring (bicyclic) bond motifs is 11. The smallest absolute Gasteiger partial charge is 0.0641 e. The maximum Gasteiger partial charge on any atom is 0.0641 e. The van der Waals surface area contributed by atoms with Crippen LogP contribution in [0.3, 0.4) is 0 Å². The van der Waals surface area contributed by atoms with Crippen molar-refractivity contribution in [2.75, 3.05) is 0 Å². The SMILES string of the molecule is c1ccc(-c2ccc3c4cc(c-3cc2)C(c2ccccc2)c2ccc([nH]2)C(c2ccccc2)c2ccc([nH]2)C(c2ccccc2)c2ccc([nH]2)C4c2ccccc2)cc1. The average Bonchev–Trinajstić information content (AvgIpc) is 4.11. The monoisotopic (exact) mass is 757 g/mol. The minimum atomic E-state index is -0.0506. The van der Waals surface area contributed by atoms with Crippen LogP contribution in [0.25, 0.3) is 22.3 Å². The fraction of sp³-hybridized carbons (Fsp3) is 0.0714. The van der Waals surface area contributed by atoms with Gasteiger partial charge in [-0.3, -0.25) is 0 Å². The van der Waals surface area contributed by atoms with E-state index in [4.69, 9.17) is 0 Å². The molecule has 0 saturated heterocycles. The Morgan fingerprint density at radius 2 is 0.508 bits per heavy atom. The summed E-state index contributed by atoms with van der Waals surface area (Å²) in [5, 5.41) is 0. The quantitative estimate of drug-likeness (QED) is 0.157.